The van der Waals surface area contributed by atoms with Crippen LogP contribution in [0.15, 0.2) is 23.9 Å². The molecule has 1 aliphatic rings. The summed E-state index contributed by atoms with van der Waals surface area (Å²) in [5, 5.41) is 0. The molecular formula is C18H23NO2. The Morgan fingerprint density at radius 2 is 1.43 bits per heavy atom. The summed E-state index contributed by atoms with van der Waals surface area (Å²) >= 11 is 0. The first kappa shape index (κ1) is 15.5. The topological polar surface area (TPSA) is 60.2 Å². The second kappa shape index (κ2) is 6.70. The molecular weight excluding hydrogens is 262 g/mol. The number of ketones is 2. The maximum absolute atomic E-state index is 12.2. The van der Waals surface area contributed by atoms with E-state index >= 15 is 0 Å². The molecule has 1 aromatic rings. The van der Waals surface area contributed by atoms with Crippen LogP contribution in [0.3, 0.4) is 0 Å². The van der Waals surface area contributed by atoms with Crippen LogP contribution in [0.2, 0.25) is 0 Å². The summed E-state index contributed by atoms with van der Waals surface area (Å²) in [5.41, 5.74) is 9.09. The molecule has 0 aliphatic heterocycles. The minimum Gasteiger partial charge on any atom is -0.395 e. The smallest absolute Gasteiger partial charge is 0.209 e. The van der Waals surface area contributed by atoms with E-state index in [-0.39, 0.29) is 17.3 Å². The van der Waals surface area contributed by atoms with E-state index in [2.05, 4.69) is 13.8 Å². The zero-order valence-electron chi connectivity index (χ0n) is 12.9. The Bertz CT molecular complexity index is 599. The van der Waals surface area contributed by atoms with E-state index in [1.807, 2.05) is 12.1 Å². The number of carbonyl (C=O) groups is 2. The molecule has 0 amide bonds. The van der Waals surface area contributed by atoms with E-state index in [0.717, 1.165) is 38.5 Å². The molecule has 0 bridgehead atoms. The van der Waals surface area contributed by atoms with Crippen molar-refractivity contribution in [1.82, 2.24) is 0 Å². The molecule has 112 valence electrons. The van der Waals surface area contributed by atoms with Gasteiger partial charge in [-0.2, -0.15) is 0 Å². The van der Waals surface area contributed by atoms with Crippen molar-refractivity contribution in [2.45, 2.75) is 52.4 Å². The van der Waals surface area contributed by atoms with Crippen molar-refractivity contribution in [2.24, 2.45) is 5.73 Å². The predicted octanol–water partition coefficient (Wildman–Crippen LogP) is 3.59. The quantitative estimate of drug-likeness (QED) is 0.868. The minimum atomic E-state index is -0.218. The number of Topliss-reactive ketones (excluding diaryl/α,β-unsaturated/α-hetero) is 1. The fourth-order valence-corrected chi connectivity index (χ4v) is 2.72. The zero-order valence-corrected chi connectivity index (χ0v) is 12.9. The van der Waals surface area contributed by atoms with Crippen molar-refractivity contribution >= 4 is 11.6 Å². The highest BCUT2D eigenvalue weighted by atomic mass is 16.1. The summed E-state index contributed by atoms with van der Waals surface area (Å²) in [4.78, 5) is 24.3. The average Bonchev–Trinajstić information content (AvgIpc) is 2.48. The Morgan fingerprint density at radius 1 is 0.905 bits per heavy atom. The molecule has 1 aromatic carbocycles. The number of rotatable bonds is 6. The molecule has 0 saturated heterocycles. The van der Waals surface area contributed by atoms with Gasteiger partial charge in [-0.3, -0.25) is 9.59 Å². The molecule has 3 nitrogen and oxygen atoms in total. The summed E-state index contributed by atoms with van der Waals surface area (Å²) in [6.07, 6.45) is 7.57. The highest BCUT2D eigenvalue weighted by Crippen LogP contribution is 2.26. The first-order valence-electron chi connectivity index (χ1n) is 7.80. The summed E-state index contributed by atoms with van der Waals surface area (Å²) in [6.45, 7) is 4.31. The van der Waals surface area contributed by atoms with Crippen LogP contribution < -0.4 is 5.73 Å². The fraction of sp³-hybridized carbons (Fsp3) is 0.444. The Hall–Kier alpha value is -1.90. The highest BCUT2D eigenvalue weighted by molar-refractivity contribution is 6.24. The molecule has 0 saturated carbocycles. The van der Waals surface area contributed by atoms with E-state index in [1.54, 1.807) is 0 Å². The molecule has 2 rings (SSSR count). The van der Waals surface area contributed by atoms with Gasteiger partial charge in [0.1, 0.15) is 0 Å². The van der Waals surface area contributed by atoms with Gasteiger partial charge in [0.2, 0.25) is 5.78 Å². The lowest BCUT2D eigenvalue weighted by molar-refractivity contribution is 0.0983. The summed E-state index contributed by atoms with van der Waals surface area (Å²) in [5.74, 6) is -0.369. The van der Waals surface area contributed by atoms with Crippen LogP contribution in [0.1, 0.15) is 71.4 Å². The van der Waals surface area contributed by atoms with Crippen molar-refractivity contribution in [2.75, 3.05) is 0 Å². The van der Waals surface area contributed by atoms with Crippen molar-refractivity contribution in [3.05, 3.63) is 46.2 Å². The monoisotopic (exact) mass is 285 g/mol. The molecule has 0 unspecified atom stereocenters. The van der Waals surface area contributed by atoms with Crippen molar-refractivity contribution in [1.29, 1.82) is 0 Å². The number of hydrogen-bond donors (Lipinski definition) is 1. The Kier molecular flexibility index (Phi) is 4.94. The van der Waals surface area contributed by atoms with Crippen LogP contribution in [0.5, 0.6) is 0 Å². The number of benzene rings is 1. The van der Waals surface area contributed by atoms with E-state index < -0.39 is 0 Å². The van der Waals surface area contributed by atoms with Gasteiger partial charge in [0.05, 0.1) is 5.70 Å². The van der Waals surface area contributed by atoms with Gasteiger partial charge in [-0.05, 0) is 48.9 Å². The molecule has 0 heterocycles. The third-order valence-electron chi connectivity index (χ3n) is 4.00. The van der Waals surface area contributed by atoms with Crippen molar-refractivity contribution in [3.63, 3.8) is 0 Å². The maximum Gasteiger partial charge on any atom is 0.209 e. The van der Waals surface area contributed by atoms with Gasteiger partial charge in [0, 0.05) is 17.2 Å². The lowest BCUT2D eigenvalue weighted by atomic mass is 9.86. The van der Waals surface area contributed by atoms with Crippen LogP contribution in [0, 0.1) is 0 Å². The zero-order chi connectivity index (χ0) is 15.4. The molecule has 0 fully saturated rings. The molecule has 0 aromatic heterocycles. The second-order valence-corrected chi connectivity index (χ2v) is 5.67. The van der Waals surface area contributed by atoms with E-state index in [0.29, 0.717) is 11.1 Å². The Labute approximate surface area is 126 Å². The first-order chi connectivity index (χ1) is 10.1. The maximum atomic E-state index is 12.2. The number of nitrogens with two attached hydrogens (primary N) is 1. The van der Waals surface area contributed by atoms with Crippen LogP contribution in [-0.2, 0) is 12.8 Å². The molecule has 2 N–H and O–H groups in total. The molecule has 0 atom stereocenters. The number of fused-ring (bicyclic) bond motifs is 1. The SMILES string of the molecule is CCCCc1cc2c(cc1CCCC)C(=O)C(N)=CC2=O. The summed E-state index contributed by atoms with van der Waals surface area (Å²) < 4.78 is 0. The molecule has 3 heteroatoms. The lowest BCUT2D eigenvalue weighted by Crippen LogP contribution is -2.22. The van der Waals surface area contributed by atoms with Crippen LogP contribution in [-0.4, -0.2) is 11.6 Å². The largest absolute Gasteiger partial charge is 0.395 e. The standard InChI is InChI=1S/C18H23NO2/c1-3-5-7-12-9-14-15(10-13(12)8-6-4-2)18(21)16(19)11-17(14)20/h9-11H,3-8,19H2,1-2H3. The molecule has 1 aliphatic carbocycles. The van der Waals surface area contributed by atoms with Crippen molar-refractivity contribution in [3.8, 4) is 0 Å². The van der Waals surface area contributed by atoms with Gasteiger partial charge < -0.3 is 5.73 Å². The minimum absolute atomic E-state index is 0.0512. The van der Waals surface area contributed by atoms with Crippen LogP contribution in [0.25, 0.3) is 0 Å². The number of unbranched alkanes of at least 4 members (excludes halogenated alkanes) is 2. The van der Waals surface area contributed by atoms with Gasteiger partial charge in [-0.15, -0.1) is 0 Å². The first-order valence-corrected chi connectivity index (χ1v) is 7.80. The van der Waals surface area contributed by atoms with Crippen molar-refractivity contribution < 1.29 is 9.59 Å². The van der Waals surface area contributed by atoms with E-state index in [9.17, 15) is 9.59 Å². The lowest BCUT2D eigenvalue weighted by Gasteiger charge is -2.17. The van der Waals surface area contributed by atoms with E-state index in [4.69, 9.17) is 5.73 Å². The van der Waals surface area contributed by atoms with Crippen LogP contribution in [0.4, 0.5) is 0 Å². The predicted molar refractivity (Wildman–Crippen MR) is 84.6 cm³/mol. The highest BCUT2D eigenvalue weighted by Gasteiger charge is 2.25. The Balaban J connectivity index is 2.46. The van der Waals surface area contributed by atoms with E-state index in [1.165, 1.54) is 17.2 Å². The molecule has 0 spiro atoms. The second-order valence-electron chi connectivity index (χ2n) is 5.67. The normalized spacial score (nSPS) is 14.1. The third-order valence-corrected chi connectivity index (χ3v) is 4.00. The number of allylic oxidation sites excluding steroid dienone is 2. The van der Waals surface area contributed by atoms with Gasteiger partial charge in [0.25, 0.3) is 0 Å². The average molecular weight is 285 g/mol. The van der Waals surface area contributed by atoms with Gasteiger partial charge >= 0.3 is 0 Å². The fourth-order valence-electron chi connectivity index (χ4n) is 2.72. The number of hydrogen-bond acceptors (Lipinski definition) is 3. The number of carbonyl (C=O) groups excluding carboxylic acids is 2. The summed E-state index contributed by atoms with van der Waals surface area (Å²) in [7, 11) is 0. The van der Waals surface area contributed by atoms with Gasteiger partial charge in [-0.25, -0.2) is 0 Å². The van der Waals surface area contributed by atoms with Gasteiger partial charge in [-0.1, -0.05) is 26.7 Å². The third kappa shape index (κ3) is 3.23. The number of aryl methyl sites for hydroxylation is 2. The molecule has 0 radical (unpaired) electrons. The van der Waals surface area contributed by atoms with Gasteiger partial charge in [0.15, 0.2) is 5.78 Å². The summed E-state index contributed by atoms with van der Waals surface area (Å²) in [6, 6.07) is 3.81. The Morgan fingerprint density at radius 3 is 1.95 bits per heavy atom. The molecule has 21 heavy (non-hydrogen) atoms. The van der Waals surface area contributed by atoms with Crippen LogP contribution >= 0.6 is 0 Å².